The van der Waals surface area contributed by atoms with E-state index in [1.165, 1.54) is 11.3 Å². The quantitative estimate of drug-likeness (QED) is 0.742. The van der Waals surface area contributed by atoms with Crippen LogP contribution in [0.3, 0.4) is 0 Å². The summed E-state index contributed by atoms with van der Waals surface area (Å²) in [6.07, 6.45) is 0. The van der Waals surface area contributed by atoms with Crippen LogP contribution >= 0.6 is 11.3 Å². The Morgan fingerprint density at radius 3 is 2.55 bits per heavy atom. The van der Waals surface area contributed by atoms with Gasteiger partial charge in [0.05, 0.1) is 11.4 Å². The van der Waals surface area contributed by atoms with E-state index in [2.05, 4.69) is 16.2 Å². The first-order valence-corrected chi connectivity index (χ1v) is 7.42. The molecule has 3 amide bonds. The molecule has 0 aliphatic carbocycles. The molecule has 0 atom stereocenters. The highest BCUT2D eigenvalue weighted by molar-refractivity contribution is 7.12. The molecule has 2 aromatic rings. The van der Waals surface area contributed by atoms with Gasteiger partial charge in [-0.2, -0.15) is 0 Å². The van der Waals surface area contributed by atoms with Crippen LogP contribution in [0.25, 0.3) is 0 Å². The van der Waals surface area contributed by atoms with Crippen molar-refractivity contribution in [3.63, 3.8) is 0 Å². The molecule has 0 spiro atoms. The molecule has 0 unspecified atom stereocenters. The molecule has 1 aromatic carbocycles. The van der Waals surface area contributed by atoms with Crippen molar-refractivity contribution in [2.75, 3.05) is 6.54 Å². The Bertz CT molecular complexity index is 683. The van der Waals surface area contributed by atoms with Crippen molar-refractivity contribution in [3.8, 4) is 0 Å². The number of benzene rings is 1. The Morgan fingerprint density at radius 1 is 1.05 bits per heavy atom. The van der Waals surface area contributed by atoms with Gasteiger partial charge in [-0.15, -0.1) is 11.3 Å². The Balaban J connectivity index is 1.76. The summed E-state index contributed by atoms with van der Waals surface area (Å²) in [5, 5.41) is 4.25. The minimum absolute atomic E-state index is 0.225. The van der Waals surface area contributed by atoms with Crippen LogP contribution in [0.2, 0.25) is 0 Å². The lowest BCUT2D eigenvalue weighted by atomic mass is 10.1. The zero-order valence-corrected chi connectivity index (χ0v) is 12.7. The summed E-state index contributed by atoms with van der Waals surface area (Å²) in [5.74, 6) is -1.25. The number of hydrazine groups is 1. The molecule has 1 heterocycles. The minimum atomic E-state index is -0.508. The first kappa shape index (κ1) is 15.7. The van der Waals surface area contributed by atoms with Crippen molar-refractivity contribution < 1.29 is 14.4 Å². The van der Waals surface area contributed by atoms with E-state index in [-0.39, 0.29) is 12.5 Å². The first-order valence-electron chi connectivity index (χ1n) is 6.54. The van der Waals surface area contributed by atoms with E-state index in [0.29, 0.717) is 10.4 Å². The van der Waals surface area contributed by atoms with Crippen LogP contribution in [0.1, 0.15) is 25.6 Å². The van der Waals surface area contributed by atoms with E-state index in [1.54, 1.807) is 35.7 Å². The van der Waals surface area contributed by atoms with Gasteiger partial charge in [0.2, 0.25) is 0 Å². The average molecular weight is 317 g/mol. The molecule has 114 valence electrons. The smallest absolute Gasteiger partial charge is 0.279 e. The Labute approximate surface area is 131 Å². The molecule has 22 heavy (non-hydrogen) atoms. The fraction of sp³-hybridized carbons (Fsp3) is 0.133. The van der Waals surface area contributed by atoms with Crippen molar-refractivity contribution in [1.82, 2.24) is 16.2 Å². The molecule has 7 heteroatoms. The fourth-order valence-electron chi connectivity index (χ4n) is 1.69. The molecule has 0 fully saturated rings. The standard InChI is InChI=1S/C15H15N3O3S/c1-10-4-2-5-11(8-10)14(20)16-9-13(19)17-18-15(21)12-6-3-7-22-12/h2-8H,9H2,1H3,(H,16,20)(H,17,19)(H,18,21). The van der Waals surface area contributed by atoms with Gasteiger partial charge in [0.1, 0.15) is 0 Å². The SMILES string of the molecule is Cc1cccc(C(=O)NCC(=O)NNC(=O)c2cccs2)c1. The summed E-state index contributed by atoms with van der Waals surface area (Å²) in [7, 11) is 0. The number of hydrogen-bond acceptors (Lipinski definition) is 4. The highest BCUT2D eigenvalue weighted by Gasteiger charge is 2.10. The number of carbonyl (C=O) groups excluding carboxylic acids is 3. The molecule has 2 rings (SSSR count). The summed E-state index contributed by atoms with van der Waals surface area (Å²) in [6, 6.07) is 10.4. The zero-order chi connectivity index (χ0) is 15.9. The number of thiophene rings is 1. The van der Waals surface area contributed by atoms with Crippen LogP contribution in [-0.4, -0.2) is 24.3 Å². The topological polar surface area (TPSA) is 87.3 Å². The second-order valence-corrected chi connectivity index (χ2v) is 5.48. The van der Waals surface area contributed by atoms with Crippen molar-refractivity contribution in [3.05, 3.63) is 57.8 Å². The van der Waals surface area contributed by atoms with Gasteiger partial charge < -0.3 is 5.32 Å². The van der Waals surface area contributed by atoms with Crippen LogP contribution in [0.15, 0.2) is 41.8 Å². The third kappa shape index (κ3) is 4.42. The molecule has 3 N–H and O–H groups in total. The third-order valence-electron chi connectivity index (χ3n) is 2.75. The first-order chi connectivity index (χ1) is 10.6. The predicted molar refractivity (Wildman–Crippen MR) is 83.4 cm³/mol. The van der Waals surface area contributed by atoms with Gasteiger partial charge in [0.15, 0.2) is 0 Å². The number of hydrogen-bond donors (Lipinski definition) is 3. The Hall–Kier alpha value is -2.67. The molecular weight excluding hydrogens is 302 g/mol. The van der Waals surface area contributed by atoms with Crippen LogP contribution in [0.5, 0.6) is 0 Å². The summed E-state index contributed by atoms with van der Waals surface area (Å²) < 4.78 is 0. The average Bonchev–Trinajstić information content (AvgIpc) is 3.04. The van der Waals surface area contributed by atoms with Crippen molar-refractivity contribution in [2.45, 2.75) is 6.92 Å². The molecule has 0 aliphatic rings. The fourth-order valence-corrected chi connectivity index (χ4v) is 2.31. The van der Waals surface area contributed by atoms with E-state index >= 15 is 0 Å². The lowest BCUT2D eigenvalue weighted by Gasteiger charge is -2.08. The predicted octanol–water partition coefficient (Wildman–Crippen LogP) is 1.25. The van der Waals surface area contributed by atoms with E-state index in [1.807, 2.05) is 13.0 Å². The highest BCUT2D eigenvalue weighted by atomic mass is 32.1. The molecule has 0 saturated heterocycles. The molecule has 6 nitrogen and oxygen atoms in total. The van der Waals surface area contributed by atoms with E-state index < -0.39 is 11.8 Å². The molecular formula is C15H15N3O3S. The lowest BCUT2D eigenvalue weighted by Crippen LogP contribution is -2.46. The summed E-state index contributed by atoms with van der Waals surface area (Å²) in [5.41, 5.74) is 5.96. The van der Waals surface area contributed by atoms with Crippen molar-refractivity contribution in [1.29, 1.82) is 0 Å². The maximum Gasteiger partial charge on any atom is 0.279 e. The summed E-state index contributed by atoms with van der Waals surface area (Å²) >= 11 is 1.27. The van der Waals surface area contributed by atoms with E-state index in [0.717, 1.165) is 5.56 Å². The normalized spacial score (nSPS) is 9.86. The summed E-state index contributed by atoms with van der Waals surface area (Å²) in [6.45, 7) is 1.65. The maximum atomic E-state index is 11.8. The van der Waals surface area contributed by atoms with Crippen molar-refractivity contribution in [2.24, 2.45) is 0 Å². The van der Waals surface area contributed by atoms with Gasteiger partial charge in [-0.05, 0) is 30.5 Å². The van der Waals surface area contributed by atoms with Crippen LogP contribution in [0.4, 0.5) is 0 Å². The molecule has 0 saturated carbocycles. The van der Waals surface area contributed by atoms with Crippen molar-refractivity contribution >= 4 is 29.1 Å². The molecule has 0 aliphatic heterocycles. The second-order valence-electron chi connectivity index (χ2n) is 4.53. The van der Waals surface area contributed by atoms with Gasteiger partial charge in [-0.3, -0.25) is 25.2 Å². The third-order valence-corrected chi connectivity index (χ3v) is 3.62. The largest absolute Gasteiger partial charge is 0.343 e. The van der Waals surface area contributed by atoms with Gasteiger partial charge >= 0.3 is 0 Å². The van der Waals surface area contributed by atoms with Gasteiger partial charge in [-0.1, -0.05) is 23.8 Å². The van der Waals surface area contributed by atoms with Crippen LogP contribution < -0.4 is 16.2 Å². The maximum absolute atomic E-state index is 11.8. The monoisotopic (exact) mass is 317 g/mol. The number of aryl methyl sites for hydroxylation is 1. The molecule has 0 bridgehead atoms. The number of nitrogens with one attached hydrogen (secondary N) is 3. The van der Waals surface area contributed by atoms with E-state index in [9.17, 15) is 14.4 Å². The summed E-state index contributed by atoms with van der Waals surface area (Å²) in [4.78, 5) is 35.5. The van der Waals surface area contributed by atoms with E-state index in [4.69, 9.17) is 0 Å². The zero-order valence-electron chi connectivity index (χ0n) is 11.9. The number of rotatable bonds is 4. The molecule has 1 aromatic heterocycles. The number of amides is 3. The van der Waals surface area contributed by atoms with Gasteiger partial charge in [0.25, 0.3) is 17.7 Å². The van der Waals surface area contributed by atoms with Crippen LogP contribution in [0, 0.1) is 6.92 Å². The number of carbonyl (C=O) groups is 3. The molecule has 0 radical (unpaired) electrons. The van der Waals surface area contributed by atoms with Gasteiger partial charge in [0, 0.05) is 5.56 Å². The minimum Gasteiger partial charge on any atom is -0.343 e. The Kier molecular flexibility index (Phi) is 5.26. The second kappa shape index (κ2) is 7.37. The highest BCUT2D eigenvalue weighted by Crippen LogP contribution is 2.07. The van der Waals surface area contributed by atoms with Crippen LogP contribution in [-0.2, 0) is 4.79 Å². The van der Waals surface area contributed by atoms with Gasteiger partial charge in [-0.25, -0.2) is 0 Å². The lowest BCUT2D eigenvalue weighted by molar-refractivity contribution is -0.120. The Morgan fingerprint density at radius 2 is 1.86 bits per heavy atom.